The number of phenolic OH excluding ortho intramolecular Hbond substituents is 2. The van der Waals surface area contributed by atoms with E-state index in [1.807, 2.05) is 0 Å². The quantitative estimate of drug-likeness (QED) is 0.404. The highest BCUT2D eigenvalue weighted by atomic mass is 32.2. The van der Waals surface area contributed by atoms with Crippen LogP contribution in [0.5, 0.6) is 11.5 Å². The van der Waals surface area contributed by atoms with Crippen molar-refractivity contribution in [1.29, 1.82) is 0 Å². The lowest BCUT2D eigenvalue weighted by atomic mass is 9.84. The van der Waals surface area contributed by atoms with E-state index in [-0.39, 0.29) is 10.8 Å². The smallest absolute Gasteiger partial charge is 0.122 e. The number of hydrogen-bond donors (Lipinski definition) is 2. The molecule has 0 radical (unpaired) electrons. The zero-order chi connectivity index (χ0) is 25.1. The van der Waals surface area contributed by atoms with Crippen LogP contribution in [0.1, 0.15) is 104 Å². The predicted octanol–water partition coefficient (Wildman–Crippen LogP) is 9.02. The van der Waals surface area contributed by atoms with E-state index in [1.165, 1.54) is 0 Å². The standard InChI is InChI=1S/C30H46O2S/c1-19(2)11-13-21-15-23(17-25(27(21)31)29(5,6)7)33-24-16-22(14-12-20(3)4)28(32)26(18-24)30(8,9)10/h15-20,31-32H,11-14H2,1-10H3. The van der Waals surface area contributed by atoms with Crippen LogP contribution in [0.15, 0.2) is 34.1 Å². The molecular weight excluding hydrogens is 424 g/mol. The van der Waals surface area contributed by atoms with E-state index in [2.05, 4.69) is 93.5 Å². The fourth-order valence-electron chi connectivity index (χ4n) is 4.00. The second kappa shape index (κ2) is 10.8. The Hall–Kier alpha value is -1.61. The summed E-state index contributed by atoms with van der Waals surface area (Å²) >= 11 is 1.74. The van der Waals surface area contributed by atoms with Crippen LogP contribution in [0.4, 0.5) is 0 Å². The van der Waals surface area contributed by atoms with Gasteiger partial charge in [0, 0.05) is 20.9 Å². The van der Waals surface area contributed by atoms with E-state index in [1.54, 1.807) is 11.8 Å². The lowest BCUT2D eigenvalue weighted by Gasteiger charge is -2.25. The van der Waals surface area contributed by atoms with Gasteiger partial charge in [0.05, 0.1) is 0 Å². The molecule has 3 heteroatoms. The normalized spacial score (nSPS) is 12.7. The third kappa shape index (κ3) is 7.70. The van der Waals surface area contributed by atoms with Gasteiger partial charge in [0.2, 0.25) is 0 Å². The van der Waals surface area contributed by atoms with E-state index >= 15 is 0 Å². The van der Waals surface area contributed by atoms with Gasteiger partial charge in [-0.05, 0) is 83.7 Å². The Balaban J connectivity index is 2.55. The van der Waals surface area contributed by atoms with Crippen LogP contribution < -0.4 is 0 Å². The Bertz CT molecular complexity index is 866. The molecule has 2 aromatic rings. The summed E-state index contributed by atoms with van der Waals surface area (Å²) in [6, 6.07) is 8.62. The van der Waals surface area contributed by atoms with E-state index in [4.69, 9.17) is 0 Å². The van der Waals surface area contributed by atoms with Crippen LogP contribution in [0.3, 0.4) is 0 Å². The van der Waals surface area contributed by atoms with Gasteiger partial charge in [-0.25, -0.2) is 0 Å². The summed E-state index contributed by atoms with van der Waals surface area (Å²) in [7, 11) is 0. The topological polar surface area (TPSA) is 40.5 Å². The van der Waals surface area contributed by atoms with Gasteiger partial charge in [-0.2, -0.15) is 0 Å². The Labute approximate surface area is 207 Å². The van der Waals surface area contributed by atoms with Crippen molar-refractivity contribution in [3.63, 3.8) is 0 Å². The zero-order valence-corrected chi connectivity index (χ0v) is 23.4. The molecule has 0 heterocycles. The molecule has 0 aliphatic rings. The second-order valence-corrected chi connectivity index (χ2v) is 13.6. The molecule has 0 bridgehead atoms. The molecule has 2 aromatic carbocycles. The first kappa shape index (κ1) is 27.6. The number of phenols is 2. The molecule has 0 saturated carbocycles. The van der Waals surface area contributed by atoms with Gasteiger partial charge in [-0.3, -0.25) is 0 Å². The zero-order valence-electron chi connectivity index (χ0n) is 22.6. The maximum absolute atomic E-state index is 11.0. The first-order valence-electron chi connectivity index (χ1n) is 12.5. The fraction of sp³-hybridized carbons (Fsp3) is 0.600. The van der Waals surface area contributed by atoms with Gasteiger partial charge in [0.25, 0.3) is 0 Å². The van der Waals surface area contributed by atoms with Crippen LogP contribution in [0.2, 0.25) is 0 Å². The second-order valence-electron chi connectivity index (χ2n) is 12.4. The van der Waals surface area contributed by atoms with Gasteiger partial charge in [0.15, 0.2) is 0 Å². The van der Waals surface area contributed by atoms with E-state index in [0.717, 1.165) is 57.7 Å². The molecule has 0 aromatic heterocycles. The van der Waals surface area contributed by atoms with E-state index < -0.39 is 0 Å². The summed E-state index contributed by atoms with van der Waals surface area (Å²) in [5, 5.41) is 22.1. The van der Waals surface area contributed by atoms with Gasteiger partial charge in [-0.1, -0.05) is 81.0 Å². The summed E-state index contributed by atoms with van der Waals surface area (Å²) in [6.07, 6.45) is 3.86. The number of benzene rings is 2. The van der Waals surface area contributed by atoms with Crippen molar-refractivity contribution in [3.8, 4) is 11.5 Å². The Morgan fingerprint density at radius 1 is 0.636 bits per heavy atom. The molecule has 33 heavy (non-hydrogen) atoms. The lowest BCUT2D eigenvalue weighted by molar-refractivity contribution is 0.435. The molecule has 2 rings (SSSR count). The van der Waals surface area contributed by atoms with E-state index in [9.17, 15) is 10.2 Å². The fourth-order valence-corrected chi connectivity index (χ4v) is 5.03. The van der Waals surface area contributed by atoms with Crippen LogP contribution in [0, 0.1) is 11.8 Å². The molecule has 0 aliphatic carbocycles. The van der Waals surface area contributed by atoms with Gasteiger partial charge in [0.1, 0.15) is 11.5 Å². The SMILES string of the molecule is CC(C)CCc1cc(Sc2cc(CCC(C)C)c(O)c(C(C)(C)C)c2)cc(C(C)(C)C)c1O. The molecule has 0 aliphatic heterocycles. The Morgan fingerprint density at radius 3 is 1.24 bits per heavy atom. The maximum atomic E-state index is 11.0. The van der Waals surface area contributed by atoms with Crippen molar-refractivity contribution in [1.82, 2.24) is 0 Å². The minimum atomic E-state index is -0.138. The summed E-state index contributed by atoms with van der Waals surface area (Å²) in [5.74, 6) is 2.08. The molecule has 0 fully saturated rings. The van der Waals surface area contributed by atoms with Crippen LogP contribution in [-0.4, -0.2) is 10.2 Å². The highest BCUT2D eigenvalue weighted by molar-refractivity contribution is 7.99. The minimum absolute atomic E-state index is 0.138. The van der Waals surface area contributed by atoms with Crippen molar-refractivity contribution in [2.24, 2.45) is 11.8 Å². The monoisotopic (exact) mass is 470 g/mol. The molecule has 0 amide bonds. The molecular formula is C30H46O2S. The molecule has 0 atom stereocenters. The molecule has 0 unspecified atom stereocenters. The third-order valence-electron chi connectivity index (χ3n) is 6.16. The molecule has 2 nitrogen and oxygen atoms in total. The van der Waals surface area contributed by atoms with Crippen LogP contribution >= 0.6 is 11.8 Å². The number of hydrogen-bond acceptors (Lipinski definition) is 3. The third-order valence-corrected chi connectivity index (χ3v) is 7.10. The highest BCUT2D eigenvalue weighted by Crippen LogP contribution is 2.43. The molecule has 0 spiro atoms. The number of rotatable bonds is 8. The summed E-state index contributed by atoms with van der Waals surface area (Å²) in [5.41, 5.74) is 3.80. The predicted molar refractivity (Wildman–Crippen MR) is 144 cm³/mol. The van der Waals surface area contributed by atoms with Crippen LogP contribution in [-0.2, 0) is 23.7 Å². The number of aromatic hydroxyl groups is 2. The van der Waals surface area contributed by atoms with Crippen LogP contribution in [0.25, 0.3) is 0 Å². The first-order chi connectivity index (χ1) is 15.1. The average Bonchev–Trinajstić information content (AvgIpc) is 2.66. The van der Waals surface area contributed by atoms with Crippen molar-refractivity contribution >= 4 is 11.8 Å². The molecule has 184 valence electrons. The molecule has 2 N–H and O–H groups in total. The number of aryl methyl sites for hydroxylation is 2. The molecule has 0 saturated heterocycles. The maximum Gasteiger partial charge on any atom is 0.122 e. The van der Waals surface area contributed by atoms with Gasteiger partial charge in [-0.15, -0.1) is 0 Å². The first-order valence-corrected chi connectivity index (χ1v) is 13.3. The Kier molecular flexibility index (Phi) is 9.01. The van der Waals surface area contributed by atoms with Crippen molar-refractivity contribution < 1.29 is 10.2 Å². The summed E-state index contributed by atoms with van der Waals surface area (Å²) < 4.78 is 0. The van der Waals surface area contributed by atoms with Crippen molar-refractivity contribution in [3.05, 3.63) is 46.5 Å². The summed E-state index contributed by atoms with van der Waals surface area (Å²) in [6.45, 7) is 21.8. The van der Waals surface area contributed by atoms with Gasteiger partial charge >= 0.3 is 0 Å². The highest BCUT2D eigenvalue weighted by Gasteiger charge is 2.24. The van der Waals surface area contributed by atoms with E-state index in [0.29, 0.717) is 23.3 Å². The Morgan fingerprint density at radius 2 is 0.970 bits per heavy atom. The van der Waals surface area contributed by atoms with Crippen molar-refractivity contribution in [2.75, 3.05) is 0 Å². The average molecular weight is 471 g/mol. The van der Waals surface area contributed by atoms with Gasteiger partial charge < -0.3 is 10.2 Å². The lowest BCUT2D eigenvalue weighted by Crippen LogP contribution is -2.13. The largest absolute Gasteiger partial charge is 0.507 e. The van der Waals surface area contributed by atoms with Crippen molar-refractivity contribution in [2.45, 2.75) is 116 Å². The minimum Gasteiger partial charge on any atom is -0.507 e. The summed E-state index contributed by atoms with van der Waals surface area (Å²) in [4.78, 5) is 2.30.